The average Bonchev–Trinajstić information content (AvgIpc) is 2.68. The van der Waals surface area contributed by atoms with E-state index < -0.39 is 46.9 Å². The maximum Gasteiger partial charge on any atom is 0.416 e. The maximum atomic E-state index is 12.6. The van der Waals surface area contributed by atoms with Crippen molar-refractivity contribution >= 4 is 35.5 Å². The van der Waals surface area contributed by atoms with Gasteiger partial charge in [-0.15, -0.1) is 11.8 Å². The number of carboxylic acids is 1. The SMILES string of the molecule is CC(=O)OCC1=C(C(=O)O)N2C(=O)[C@@H](NC(=O)c3ccc(C(F)(F)F)cc3)[C@H]2SC1. The Labute approximate surface area is 172 Å². The van der Waals surface area contributed by atoms with E-state index in [2.05, 4.69) is 5.32 Å². The molecule has 160 valence electrons. The van der Waals surface area contributed by atoms with E-state index in [0.29, 0.717) is 0 Å². The van der Waals surface area contributed by atoms with Crippen LogP contribution in [0.2, 0.25) is 0 Å². The molecular formula is C18H15F3N2O6S. The van der Waals surface area contributed by atoms with Crippen LogP contribution >= 0.6 is 11.8 Å². The minimum absolute atomic E-state index is 0.0698. The van der Waals surface area contributed by atoms with Gasteiger partial charge < -0.3 is 15.2 Å². The minimum atomic E-state index is -4.54. The summed E-state index contributed by atoms with van der Waals surface area (Å²) in [4.78, 5) is 48.4. The molecule has 1 aromatic carbocycles. The summed E-state index contributed by atoms with van der Waals surface area (Å²) in [5, 5.41) is 11.2. The summed E-state index contributed by atoms with van der Waals surface area (Å²) in [7, 11) is 0. The Kier molecular flexibility index (Phi) is 5.79. The number of β-lactam (4-membered cyclic amide) rings is 1. The van der Waals surface area contributed by atoms with E-state index >= 15 is 0 Å². The van der Waals surface area contributed by atoms with E-state index in [1.165, 1.54) is 18.7 Å². The van der Waals surface area contributed by atoms with Crippen LogP contribution in [0.3, 0.4) is 0 Å². The predicted octanol–water partition coefficient (Wildman–Crippen LogP) is 1.62. The summed E-state index contributed by atoms with van der Waals surface area (Å²) in [6, 6.07) is 2.46. The lowest BCUT2D eigenvalue weighted by molar-refractivity contribution is -0.149. The number of carbonyl (C=O) groups is 4. The van der Waals surface area contributed by atoms with Gasteiger partial charge in [-0.25, -0.2) is 4.79 Å². The number of hydrogen-bond donors (Lipinski definition) is 2. The van der Waals surface area contributed by atoms with Crippen molar-refractivity contribution in [1.29, 1.82) is 0 Å². The Morgan fingerprint density at radius 1 is 1.27 bits per heavy atom. The third-order valence-electron chi connectivity index (χ3n) is 4.46. The lowest BCUT2D eigenvalue weighted by Crippen LogP contribution is -2.70. The Bertz CT molecular complexity index is 944. The number of carboxylic acid groups (broad SMARTS) is 1. The summed E-state index contributed by atoms with van der Waals surface area (Å²) < 4.78 is 42.7. The van der Waals surface area contributed by atoms with E-state index in [1.54, 1.807) is 0 Å². The van der Waals surface area contributed by atoms with Gasteiger partial charge in [0.2, 0.25) is 0 Å². The highest BCUT2D eigenvalue weighted by Gasteiger charge is 2.54. The fraction of sp³-hybridized carbons (Fsp3) is 0.333. The molecule has 0 spiro atoms. The number of esters is 1. The van der Waals surface area contributed by atoms with Gasteiger partial charge in [0.05, 0.1) is 5.56 Å². The summed E-state index contributed by atoms with van der Waals surface area (Å²) in [5.74, 6) is -3.24. The minimum Gasteiger partial charge on any atom is -0.477 e. The molecule has 2 N–H and O–H groups in total. The highest BCUT2D eigenvalue weighted by molar-refractivity contribution is 8.00. The molecule has 1 aromatic rings. The van der Waals surface area contributed by atoms with Gasteiger partial charge in [-0.2, -0.15) is 13.2 Å². The first kappa shape index (κ1) is 21.7. The third kappa shape index (κ3) is 4.13. The van der Waals surface area contributed by atoms with Crippen LogP contribution in [-0.2, 0) is 25.3 Å². The molecular weight excluding hydrogens is 429 g/mol. The van der Waals surface area contributed by atoms with Crippen molar-refractivity contribution in [2.24, 2.45) is 0 Å². The first-order valence-corrected chi connectivity index (χ1v) is 9.57. The van der Waals surface area contributed by atoms with Crippen molar-refractivity contribution in [1.82, 2.24) is 10.2 Å². The van der Waals surface area contributed by atoms with Crippen LogP contribution in [0.5, 0.6) is 0 Å². The summed E-state index contributed by atoms with van der Waals surface area (Å²) >= 11 is 1.18. The number of halogens is 3. The number of alkyl halides is 3. The number of fused-ring (bicyclic) bond motifs is 1. The van der Waals surface area contributed by atoms with Crippen molar-refractivity contribution < 1.29 is 42.2 Å². The quantitative estimate of drug-likeness (QED) is 0.524. The molecule has 2 aliphatic rings. The molecule has 12 heteroatoms. The topological polar surface area (TPSA) is 113 Å². The average molecular weight is 444 g/mol. The van der Waals surface area contributed by atoms with Crippen LogP contribution in [-0.4, -0.2) is 57.5 Å². The van der Waals surface area contributed by atoms with Crippen molar-refractivity contribution in [2.45, 2.75) is 24.5 Å². The van der Waals surface area contributed by atoms with E-state index in [4.69, 9.17) is 4.74 Å². The number of aliphatic carboxylic acids is 1. The van der Waals surface area contributed by atoms with Gasteiger partial charge in [-0.05, 0) is 24.3 Å². The first-order chi connectivity index (χ1) is 14.0. The number of amides is 2. The molecule has 0 bridgehead atoms. The molecule has 2 atom stereocenters. The molecule has 0 unspecified atom stereocenters. The molecule has 0 saturated carbocycles. The van der Waals surface area contributed by atoms with Gasteiger partial charge in [0, 0.05) is 23.8 Å². The molecule has 0 radical (unpaired) electrons. The van der Waals surface area contributed by atoms with Gasteiger partial charge in [0.25, 0.3) is 11.8 Å². The Balaban J connectivity index is 1.72. The number of benzene rings is 1. The van der Waals surface area contributed by atoms with E-state index in [-0.39, 0.29) is 29.2 Å². The smallest absolute Gasteiger partial charge is 0.416 e. The fourth-order valence-corrected chi connectivity index (χ4v) is 4.35. The second-order valence-corrected chi connectivity index (χ2v) is 7.58. The van der Waals surface area contributed by atoms with Crippen molar-refractivity contribution in [2.75, 3.05) is 12.4 Å². The molecule has 8 nitrogen and oxygen atoms in total. The Morgan fingerprint density at radius 3 is 2.43 bits per heavy atom. The lowest BCUT2D eigenvalue weighted by Gasteiger charge is -2.49. The highest BCUT2D eigenvalue weighted by Crippen LogP contribution is 2.40. The van der Waals surface area contributed by atoms with Crippen LogP contribution in [0.15, 0.2) is 35.5 Å². The van der Waals surface area contributed by atoms with Crippen LogP contribution in [0.4, 0.5) is 13.2 Å². The number of ether oxygens (including phenoxy) is 1. The number of hydrogen-bond acceptors (Lipinski definition) is 6. The number of rotatable bonds is 5. The Hall–Kier alpha value is -3.02. The van der Waals surface area contributed by atoms with E-state index in [9.17, 15) is 37.5 Å². The summed E-state index contributed by atoms with van der Waals surface area (Å²) in [6.07, 6.45) is -4.54. The predicted molar refractivity (Wildman–Crippen MR) is 97.1 cm³/mol. The number of thioether (sulfide) groups is 1. The summed E-state index contributed by atoms with van der Waals surface area (Å²) in [6.45, 7) is 0.893. The molecule has 0 aliphatic carbocycles. The van der Waals surface area contributed by atoms with Crippen molar-refractivity contribution in [3.63, 3.8) is 0 Å². The van der Waals surface area contributed by atoms with Gasteiger partial charge in [0.15, 0.2) is 0 Å². The summed E-state index contributed by atoms with van der Waals surface area (Å²) in [5.41, 5.74) is -1.03. The van der Waals surface area contributed by atoms with Crippen molar-refractivity contribution in [3.8, 4) is 0 Å². The molecule has 0 aromatic heterocycles. The molecule has 1 saturated heterocycles. The molecule has 2 aliphatic heterocycles. The molecule has 2 amide bonds. The van der Waals surface area contributed by atoms with Crippen LogP contribution in [0.25, 0.3) is 0 Å². The second-order valence-electron chi connectivity index (χ2n) is 6.47. The zero-order valence-electron chi connectivity index (χ0n) is 15.4. The van der Waals surface area contributed by atoms with Crippen LogP contribution < -0.4 is 5.32 Å². The molecule has 3 rings (SSSR count). The zero-order chi connectivity index (χ0) is 22.2. The van der Waals surface area contributed by atoms with Gasteiger partial charge >= 0.3 is 18.1 Å². The largest absolute Gasteiger partial charge is 0.477 e. The normalized spacial score (nSPS) is 20.9. The third-order valence-corrected chi connectivity index (χ3v) is 5.80. The van der Waals surface area contributed by atoms with Gasteiger partial charge in [-0.1, -0.05) is 0 Å². The molecule has 1 fully saturated rings. The van der Waals surface area contributed by atoms with Crippen molar-refractivity contribution in [3.05, 3.63) is 46.7 Å². The van der Waals surface area contributed by atoms with Crippen LogP contribution in [0.1, 0.15) is 22.8 Å². The molecule has 2 heterocycles. The molecule has 30 heavy (non-hydrogen) atoms. The first-order valence-electron chi connectivity index (χ1n) is 8.52. The number of carbonyl (C=O) groups excluding carboxylic acids is 3. The standard InChI is InChI=1S/C18H15F3N2O6S/c1-8(24)29-6-10-7-30-16-12(15(26)23(16)13(10)17(27)28)22-14(25)9-2-4-11(5-3-9)18(19,20)21/h2-5,12,16H,6-7H2,1H3,(H,22,25)(H,27,28)/t12-,16-/m1/s1. The Morgan fingerprint density at radius 2 is 1.90 bits per heavy atom. The highest BCUT2D eigenvalue weighted by atomic mass is 32.2. The van der Waals surface area contributed by atoms with Crippen LogP contribution in [0, 0.1) is 0 Å². The monoisotopic (exact) mass is 444 g/mol. The van der Waals surface area contributed by atoms with Gasteiger partial charge in [0.1, 0.15) is 23.7 Å². The van der Waals surface area contributed by atoms with E-state index in [1.807, 2.05) is 0 Å². The maximum absolute atomic E-state index is 12.6. The van der Waals surface area contributed by atoms with Gasteiger partial charge in [-0.3, -0.25) is 19.3 Å². The zero-order valence-corrected chi connectivity index (χ0v) is 16.2. The number of nitrogens with one attached hydrogen (secondary N) is 1. The second kappa shape index (κ2) is 8.01. The van der Waals surface area contributed by atoms with E-state index in [0.717, 1.165) is 29.2 Å². The number of nitrogens with zero attached hydrogens (tertiary/aromatic N) is 1. The lowest BCUT2D eigenvalue weighted by atomic mass is 10.0. The fourth-order valence-electron chi connectivity index (χ4n) is 3.02.